The Balaban J connectivity index is 2.78. The molecular weight excluding hydrogens is 232 g/mol. The number of likely N-dealkylation sites (N-methyl/N-ethyl adjacent to an activating group) is 1. The Kier molecular flexibility index (Phi) is 7.38. The van der Waals surface area contributed by atoms with Crippen molar-refractivity contribution in [2.75, 3.05) is 20.6 Å². The Labute approximate surface area is 121 Å². The minimum Gasteiger partial charge on any atom is -0.312 e. The number of nitrogens with one attached hydrogen (secondary N) is 1. The van der Waals surface area contributed by atoms with Gasteiger partial charge in [0.25, 0.3) is 0 Å². The van der Waals surface area contributed by atoms with Gasteiger partial charge in [-0.25, -0.2) is 0 Å². The lowest BCUT2D eigenvalue weighted by Gasteiger charge is -2.46. The molecule has 1 N–H and O–H groups in total. The summed E-state index contributed by atoms with van der Waals surface area (Å²) < 4.78 is 0. The summed E-state index contributed by atoms with van der Waals surface area (Å²) in [6, 6.07) is 0.653. The third-order valence-electron chi connectivity index (χ3n) is 5.45. The molecule has 0 heterocycles. The molecule has 1 atom stereocenters. The van der Waals surface area contributed by atoms with Crippen LogP contribution in [0.4, 0.5) is 0 Å². The Hall–Kier alpha value is -0.0800. The lowest BCUT2D eigenvalue weighted by molar-refractivity contribution is 0.0761. The number of rotatable bonds is 9. The Morgan fingerprint density at radius 1 is 1.11 bits per heavy atom. The van der Waals surface area contributed by atoms with E-state index in [2.05, 4.69) is 45.1 Å². The summed E-state index contributed by atoms with van der Waals surface area (Å²) in [6.07, 6.45) is 10.9. The summed E-state index contributed by atoms with van der Waals surface area (Å²) in [5, 5.41) is 3.88. The van der Waals surface area contributed by atoms with Crippen molar-refractivity contribution in [2.24, 2.45) is 5.92 Å². The Bertz CT molecular complexity index is 227. The molecule has 1 aliphatic rings. The van der Waals surface area contributed by atoms with Gasteiger partial charge in [0.1, 0.15) is 0 Å². The van der Waals surface area contributed by atoms with Crippen LogP contribution in [0, 0.1) is 5.92 Å². The molecule has 1 saturated carbocycles. The van der Waals surface area contributed by atoms with Gasteiger partial charge in [-0.1, -0.05) is 46.5 Å². The van der Waals surface area contributed by atoms with Gasteiger partial charge in [-0.3, -0.25) is 0 Å². The molecule has 1 rings (SSSR count). The maximum atomic E-state index is 3.88. The van der Waals surface area contributed by atoms with Gasteiger partial charge in [0.2, 0.25) is 0 Å². The SMILES string of the molecule is CCCNC(CC1CCCC1)C(CC)(CC)N(C)C. The molecule has 0 bridgehead atoms. The highest BCUT2D eigenvalue weighted by atomic mass is 15.2. The van der Waals surface area contributed by atoms with E-state index in [0.29, 0.717) is 11.6 Å². The highest BCUT2D eigenvalue weighted by Gasteiger charge is 2.38. The molecule has 0 aliphatic heterocycles. The first kappa shape index (κ1) is 17.0. The van der Waals surface area contributed by atoms with Crippen molar-refractivity contribution >= 4 is 0 Å². The van der Waals surface area contributed by atoms with Crippen LogP contribution >= 0.6 is 0 Å². The van der Waals surface area contributed by atoms with Crippen molar-refractivity contribution in [3.05, 3.63) is 0 Å². The van der Waals surface area contributed by atoms with Gasteiger partial charge >= 0.3 is 0 Å². The fourth-order valence-corrected chi connectivity index (χ4v) is 4.08. The van der Waals surface area contributed by atoms with Crippen molar-refractivity contribution in [3.63, 3.8) is 0 Å². The minimum atomic E-state index is 0.331. The molecule has 0 saturated heterocycles. The largest absolute Gasteiger partial charge is 0.312 e. The van der Waals surface area contributed by atoms with Gasteiger partial charge in [0.05, 0.1) is 0 Å². The average molecular weight is 268 g/mol. The van der Waals surface area contributed by atoms with Crippen LogP contribution in [0.1, 0.15) is 72.1 Å². The van der Waals surface area contributed by atoms with Crippen LogP contribution in [-0.2, 0) is 0 Å². The molecule has 0 aromatic carbocycles. The van der Waals surface area contributed by atoms with Crippen LogP contribution in [0.2, 0.25) is 0 Å². The van der Waals surface area contributed by atoms with Gasteiger partial charge in [0, 0.05) is 11.6 Å². The fraction of sp³-hybridized carbons (Fsp3) is 1.00. The second-order valence-corrected chi connectivity index (χ2v) is 6.60. The molecule has 114 valence electrons. The van der Waals surface area contributed by atoms with Gasteiger partial charge in [-0.05, 0) is 52.2 Å². The topological polar surface area (TPSA) is 15.3 Å². The van der Waals surface area contributed by atoms with E-state index in [1.54, 1.807) is 0 Å². The van der Waals surface area contributed by atoms with Gasteiger partial charge < -0.3 is 10.2 Å². The standard InChI is InChI=1S/C17H36N2/c1-6-13-18-16(14-15-11-9-10-12-15)17(7-2,8-3)19(4)5/h15-16,18H,6-14H2,1-5H3. The van der Waals surface area contributed by atoms with Gasteiger partial charge in [-0.15, -0.1) is 0 Å². The van der Waals surface area contributed by atoms with E-state index >= 15 is 0 Å². The van der Waals surface area contributed by atoms with Crippen molar-refractivity contribution in [3.8, 4) is 0 Å². The Morgan fingerprint density at radius 3 is 2.11 bits per heavy atom. The van der Waals surface area contributed by atoms with E-state index in [1.807, 2.05) is 0 Å². The van der Waals surface area contributed by atoms with Crippen LogP contribution in [0.5, 0.6) is 0 Å². The zero-order valence-corrected chi connectivity index (χ0v) is 14.0. The first-order valence-electron chi connectivity index (χ1n) is 8.51. The first-order valence-corrected chi connectivity index (χ1v) is 8.51. The highest BCUT2D eigenvalue weighted by molar-refractivity contribution is 4.98. The molecule has 1 unspecified atom stereocenters. The fourth-order valence-electron chi connectivity index (χ4n) is 4.08. The second-order valence-electron chi connectivity index (χ2n) is 6.60. The van der Waals surface area contributed by atoms with Crippen LogP contribution in [0.25, 0.3) is 0 Å². The molecule has 0 radical (unpaired) electrons. The number of nitrogens with zero attached hydrogens (tertiary/aromatic N) is 1. The molecule has 2 nitrogen and oxygen atoms in total. The van der Waals surface area contributed by atoms with Gasteiger partial charge in [-0.2, -0.15) is 0 Å². The van der Waals surface area contributed by atoms with Crippen molar-refractivity contribution < 1.29 is 0 Å². The molecule has 19 heavy (non-hydrogen) atoms. The van der Waals surface area contributed by atoms with E-state index < -0.39 is 0 Å². The maximum Gasteiger partial charge on any atom is 0.0351 e. The van der Waals surface area contributed by atoms with Crippen LogP contribution < -0.4 is 5.32 Å². The minimum absolute atomic E-state index is 0.331. The zero-order valence-electron chi connectivity index (χ0n) is 14.0. The molecule has 0 spiro atoms. The monoisotopic (exact) mass is 268 g/mol. The smallest absolute Gasteiger partial charge is 0.0351 e. The zero-order chi connectivity index (χ0) is 14.3. The first-order chi connectivity index (χ1) is 9.10. The molecule has 1 fully saturated rings. The predicted molar refractivity (Wildman–Crippen MR) is 85.7 cm³/mol. The van der Waals surface area contributed by atoms with Crippen molar-refractivity contribution in [1.29, 1.82) is 0 Å². The average Bonchev–Trinajstić information content (AvgIpc) is 2.90. The molecule has 2 heteroatoms. The number of hydrogen-bond donors (Lipinski definition) is 1. The number of hydrogen-bond acceptors (Lipinski definition) is 2. The lowest BCUT2D eigenvalue weighted by atomic mass is 9.78. The normalized spacial score (nSPS) is 19.3. The van der Waals surface area contributed by atoms with E-state index in [1.165, 1.54) is 51.4 Å². The maximum absolute atomic E-state index is 3.88. The third-order valence-corrected chi connectivity index (χ3v) is 5.45. The summed E-state index contributed by atoms with van der Waals surface area (Å²) in [7, 11) is 4.53. The van der Waals surface area contributed by atoms with E-state index in [0.717, 1.165) is 12.5 Å². The summed E-state index contributed by atoms with van der Waals surface area (Å²) in [6.45, 7) is 8.15. The van der Waals surface area contributed by atoms with Gasteiger partial charge in [0.15, 0.2) is 0 Å². The molecule has 0 aromatic heterocycles. The summed E-state index contributed by atoms with van der Waals surface area (Å²) >= 11 is 0. The predicted octanol–water partition coefficient (Wildman–Crippen LogP) is 4.06. The third kappa shape index (κ3) is 4.19. The van der Waals surface area contributed by atoms with Crippen LogP contribution in [-0.4, -0.2) is 37.1 Å². The summed E-state index contributed by atoms with van der Waals surface area (Å²) in [5.41, 5.74) is 0.331. The van der Waals surface area contributed by atoms with Crippen LogP contribution in [0.3, 0.4) is 0 Å². The molecular formula is C17H36N2. The Morgan fingerprint density at radius 2 is 1.68 bits per heavy atom. The van der Waals surface area contributed by atoms with Crippen molar-refractivity contribution in [2.45, 2.75) is 83.7 Å². The molecule has 0 amide bonds. The lowest BCUT2D eigenvalue weighted by Crippen LogP contribution is -2.59. The summed E-state index contributed by atoms with van der Waals surface area (Å²) in [4.78, 5) is 2.48. The molecule has 0 aromatic rings. The van der Waals surface area contributed by atoms with Crippen molar-refractivity contribution in [1.82, 2.24) is 10.2 Å². The van der Waals surface area contributed by atoms with E-state index in [4.69, 9.17) is 0 Å². The van der Waals surface area contributed by atoms with E-state index in [-0.39, 0.29) is 0 Å². The molecule has 1 aliphatic carbocycles. The summed E-state index contributed by atoms with van der Waals surface area (Å²) in [5.74, 6) is 0.965. The van der Waals surface area contributed by atoms with Crippen LogP contribution in [0.15, 0.2) is 0 Å². The van der Waals surface area contributed by atoms with E-state index in [9.17, 15) is 0 Å². The second kappa shape index (κ2) is 8.26. The quantitative estimate of drug-likeness (QED) is 0.678. The highest BCUT2D eigenvalue weighted by Crippen LogP contribution is 2.35.